The summed E-state index contributed by atoms with van der Waals surface area (Å²) in [5, 5.41) is 0. The second kappa shape index (κ2) is 17.0. The normalized spacial score (nSPS) is 12.9. The summed E-state index contributed by atoms with van der Waals surface area (Å²) in [6.45, 7) is 21.8. The first-order chi connectivity index (χ1) is 12.6. The van der Waals surface area contributed by atoms with E-state index in [4.69, 9.17) is 0 Å². The van der Waals surface area contributed by atoms with Crippen molar-refractivity contribution in [3.8, 4) is 0 Å². The molecule has 0 saturated carbocycles. The lowest BCUT2D eigenvalue weighted by molar-refractivity contribution is 0.716. The highest BCUT2D eigenvalue weighted by Gasteiger charge is 2.15. The molecule has 0 N–H and O–H groups in total. The van der Waals surface area contributed by atoms with Crippen molar-refractivity contribution >= 4 is 23.8 Å². The second-order valence-electron chi connectivity index (χ2n) is 10.2. The predicted octanol–water partition coefficient (Wildman–Crippen LogP) is 8.86. The Morgan fingerprint density at radius 3 is 0.926 bits per heavy atom. The molecule has 0 aliphatic carbocycles. The molecule has 0 unspecified atom stereocenters. The molecule has 0 radical (unpaired) electrons. The highest BCUT2D eigenvalue weighted by atomic mass is 31.1. The molecule has 164 valence electrons. The lowest BCUT2D eigenvalue weighted by Gasteiger charge is -2.24. The van der Waals surface area contributed by atoms with Gasteiger partial charge < -0.3 is 0 Å². The van der Waals surface area contributed by atoms with Gasteiger partial charge in [0.05, 0.1) is 0 Å². The van der Waals surface area contributed by atoms with Crippen molar-refractivity contribution in [1.29, 1.82) is 0 Å². The van der Waals surface area contributed by atoms with Gasteiger partial charge in [-0.25, -0.2) is 0 Å². The first kappa shape index (κ1) is 28.3. The average molecular weight is 435 g/mol. The highest BCUT2D eigenvalue weighted by molar-refractivity contribution is 7.59. The van der Waals surface area contributed by atoms with E-state index in [1.54, 1.807) is 24.6 Å². The number of rotatable bonds is 17. The standard InChI is InChI=1S/C24H53P3/c1-10-25(13-11-15-26(17-21(2)3)18-22(4)5)14-12-16-27(19-23(6)7)20-24(8)9/h21-24H,10-20H2,1-9H3. The Bertz CT molecular complexity index is 276. The van der Waals surface area contributed by atoms with Gasteiger partial charge in [-0.15, -0.1) is 23.8 Å². The van der Waals surface area contributed by atoms with Gasteiger partial charge in [0.25, 0.3) is 0 Å². The highest BCUT2D eigenvalue weighted by Crippen LogP contribution is 2.45. The lowest BCUT2D eigenvalue weighted by atomic mass is 10.3. The molecule has 0 heterocycles. The van der Waals surface area contributed by atoms with Crippen molar-refractivity contribution in [3.63, 3.8) is 0 Å². The first-order valence-electron chi connectivity index (χ1n) is 11.8. The van der Waals surface area contributed by atoms with Crippen LogP contribution in [0.3, 0.4) is 0 Å². The van der Waals surface area contributed by atoms with E-state index in [9.17, 15) is 0 Å². The summed E-state index contributed by atoms with van der Waals surface area (Å²) in [5.74, 6) is 3.57. The zero-order valence-electron chi connectivity index (χ0n) is 20.4. The summed E-state index contributed by atoms with van der Waals surface area (Å²) in [6, 6.07) is 0. The van der Waals surface area contributed by atoms with Gasteiger partial charge in [0.1, 0.15) is 0 Å². The molecule has 0 atom stereocenters. The van der Waals surface area contributed by atoms with Crippen LogP contribution in [0.1, 0.15) is 75.2 Å². The summed E-state index contributed by atoms with van der Waals surface area (Å²) in [4.78, 5) is 0. The molecule has 0 rings (SSSR count). The minimum Gasteiger partial charge on any atom is -0.107 e. The number of hydrogen-bond acceptors (Lipinski definition) is 0. The monoisotopic (exact) mass is 434 g/mol. The SMILES string of the molecule is CCP(CCCP(CC(C)C)CC(C)C)CCCP(CC(C)C)CC(C)C. The third kappa shape index (κ3) is 17.8. The van der Waals surface area contributed by atoms with Crippen molar-refractivity contribution in [2.75, 3.05) is 55.5 Å². The minimum absolute atomic E-state index is 0.295. The van der Waals surface area contributed by atoms with Gasteiger partial charge in [-0.2, -0.15) is 0 Å². The largest absolute Gasteiger partial charge is 0.107 e. The Hall–Kier alpha value is 1.29. The molecule has 0 bridgehead atoms. The van der Waals surface area contributed by atoms with Crippen LogP contribution in [0.5, 0.6) is 0 Å². The van der Waals surface area contributed by atoms with Crippen LogP contribution in [0.2, 0.25) is 0 Å². The van der Waals surface area contributed by atoms with Crippen molar-refractivity contribution in [3.05, 3.63) is 0 Å². The maximum absolute atomic E-state index is 2.46. The van der Waals surface area contributed by atoms with Crippen LogP contribution in [0.4, 0.5) is 0 Å². The van der Waals surface area contributed by atoms with Crippen molar-refractivity contribution in [2.45, 2.75) is 75.2 Å². The van der Waals surface area contributed by atoms with Gasteiger partial charge in [-0.3, -0.25) is 0 Å². The van der Waals surface area contributed by atoms with Crippen LogP contribution in [0, 0.1) is 23.7 Å². The minimum atomic E-state index is 0.295. The third-order valence-corrected chi connectivity index (χ3v) is 14.5. The lowest BCUT2D eigenvalue weighted by Crippen LogP contribution is -2.07. The van der Waals surface area contributed by atoms with Crippen LogP contribution in [-0.2, 0) is 0 Å². The van der Waals surface area contributed by atoms with E-state index in [0.29, 0.717) is 23.8 Å². The Morgan fingerprint density at radius 2 is 0.704 bits per heavy atom. The fourth-order valence-corrected chi connectivity index (χ4v) is 13.0. The quantitative estimate of drug-likeness (QED) is 0.201. The van der Waals surface area contributed by atoms with E-state index in [1.807, 2.05) is 0 Å². The molecule has 27 heavy (non-hydrogen) atoms. The topological polar surface area (TPSA) is 0 Å². The van der Waals surface area contributed by atoms with Crippen molar-refractivity contribution < 1.29 is 0 Å². The molecule has 0 amide bonds. The van der Waals surface area contributed by atoms with Gasteiger partial charge in [0.15, 0.2) is 0 Å². The van der Waals surface area contributed by atoms with E-state index in [-0.39, 0.29) is 0 Å². The molecular weight excluding hydrogens is 381 g/mol. The van der Waals surface area contributed by atoms with E-state index in [1.165, 1.54) is 43.7 Å². The van der Waals surface area contributed by atoms with E-state index >= 15 is 0 Å². The summed E-state index contributed by atoms with van der Waals surface area (Å²) in [6.07, 6.45) is 16.8. The van der Waals surface area contributed by atoms with Gasteiger partial charge in [-0.05, 0) is 92.0 Å². The number of hydrogen-bond donors (Lipinski definition) is 0. The molecule has 0 aromatic carbocycles. The van der Waals surface area contributed by atoms with Gasteiger partial charge >= 0.3 is 0 Å². The Labute approximate surface area is 178 Å². The van der Waals surface area contributed by atoms with Crippen molar-refractivity contribution in [1.82, 2.24) is 0 Å². The molecule has 3 heteroatoms. The molecule has 0 spiro atoms. The smallest absolute Gasteiger partial charge is 0.0303 e. The van der Waals surface area contributed by atoms with Crippen LogP contribution >= 0.6 is 23.8 Å². The summed E-state index contributed by atoms with van der Waals surface area (Å²) < 4.78 is 0. The Kier molecular flexibility index (Phi) is 17.8. The van der Waals surface area contributed by atoms with Crippen LogP contribution in [0.25, 0.3) is 0 Å². The molecule has 0 nitrogen and oxygen atoms in total. The van der Waals surface area contributed by atoms with E-state index < -0.39 is 0 Å². The molecule has 0 aromatic heterocycles. The Balaban J connectivity index is 4.23. The summed E-state index contributed by atoms with van der Waals surface area (Å²) >= 11 is 0. The van der Waals surface area contributed by atoms with Crippen LogP contribution in [-0.4, -0.2) is 55.5 Å². The summed E-state index contributed by atoms with van der Waals surface area (Å²) in [7, 11) is 0.910. The molecule has 0 aliphatic rings. The second-order valence-corrected chi connectivity index (χ2v) is 18.1. The van der Waals surface area contributed by atoms with Crippen molar-refractivity contribution in [2.24, 2.45) is 23.7 Å². The zero-order chi connectivity index (χ0) is 20.8. The van der Waals surface area contributed by atoms with E-state index in [0.717, 1.165) is 23.7 Å². The third-order valence-electron chi connectivity index (χ3n) is 4.84. The predicted molar refractivity (Wildman–Crippen MR) is 139 cm³/mol. The maximum atomic E-state index is 2.46. The fraction of sp³-hybridized carbons (Fsp3) is 1.00. The molecule has 0 fully saturated rings. The average Bonchev–Trinajstić information content (AvgIpc) is 2.50. The van der Waals surface area contributed by atoms with Crippen LogP contribution in [0.15, 0.2) is 0 Å². The fourth-order valence-electron chi connectivity index (χ4n) is 4.04. The molecular formula is C24H53P3. The van der Waals surface area contributed by atoms with Gasteiger partial charge in [0.2, 0.25) is 0 Å². The first-order valence-corrected chi connectivity index (χ1v) is 17.5. The van der Waals surface area contributed by atoms with Crippen LogP contribution < -0.4 is 0 Å². The Morgan fingerprint density at radius 1 is 0.444 bits per heavy atom. The molecule has 0 saturated heterocycles. The van der Waals surface area contributed by atoms with E-state index in [2.05, 4.69) is 62.3 Å². The van der Waals surface area contributed by atoms with Gasteiger partial charge in [0, 0.05) is 0 Å². The summed E-state index contributed by atoms with van der Waals surface area (Å²) in [5.41, 5.74) is 0. The molecule has 0 aliphatic heterocycles. The zero-order valence-corrected chi connectivity index (χ0v) is 23.1. The maximum Gasteiger partial charge on any atom is -0.0303 e. The molecule has 0 aromatic rings. The van der Waals surface area contributed by atoms with Gasteiger partial charge in [-0.1, -0.05) is 62.3 Å².